The van der Waals surface area contributed by atoms with Gasteiger partial charge in [0.05, 0.1) is 6.20 Å². The van der Waals surface area contributed by atoms with Gasteiger partial charge in [-0.05, 0) is 31.2 Å². The van der Waals surface area contributed by atoms with Crippen molar-refractivity contribution in [2.45, 2.75) is 27.0 Å². The number of rotatable bonds is 6. The highest BCUT2D eigenvalue weighted by atomic mass is 16.5. The summed E-state index contributed by atoms with van der Waals surface area (Å²) in [6.45, 7) is 9.22. The van der Waals surface area contributed by atoms with Gasteiger partial charge in [-0.25, -0.2) is 4.68 Å². The molecule has 7 heteroatoms. The number of likely N-dealkylation sites (N-methyl/N-ethyl adjacent to an activating group) is 1. The van der Waals surface area contributed by atoms with Gasteiger partial charge in [0.1, 0.15) is 24.6 Å². The van der Waals surface area contributed by atoms with Crippen molar-refractivity contribution in [3.05, 3.63) is 41.7 Å². The van der Waals surface area contributed by atoms with Crippen LogP contribution in [0, 0.1) is 6.92 Å². The lowest BCUT2D eigenvalue weighted by molar-refractivity contribution is -0.133. The van der Waals surface area contributed by atoms with Crippen LogP contribution >= 0.6 is 0 Å². The molecule has 7 nitrogen and oxygen atoms in total. The minimum absolute atomic E-state index is 0.0896. The number of hydrogen-bond acceptors (Lipinski definition) is 5. The normalized spacial score (nSPS) is 15.4. The number of piperazine rings is 1. The second-order valence-corrected chi connectivity index (χ2v) is 6.33. The predicted octanol–water partition coefficient (Wildman–Crippen LogP) is 1.33. The summed E-state index contributed by atoms with van der Waals surface area (Å²) in [6, 6.07) is 7.87. The quantitative estimate of drug-likeness (QED) is 0.792. The molecule has 134 valence electrons. The second kappa shape index (κ2) is 8.11. The third-order valence-electron chi connectivity index (χ3n) is 4.43. The fourth-order valence-electron chi connectivity index (χ4n) is 2.90. The van der Waals surface area contributed by atoms with Crippen LogP contribution in [0.5, 0.6) is 5.75 Å². The van der Waals surface area contributed by atoms with Gasteiger partial charge >= 0.3 is 0 Å². The molecule has 1 aromatic heterocycles. The smallest absolute Gasteiger partial charge is 0.244 e. The molecule has 0 spiro atoms. The molecule has 1 aliphatic rings. The molecule has 2 aromatic rings. The topological polar surface area (TPSA) is 63.5 Å². The monoisotopic (exact) mass is 343 g/mol. The summed E-state index contributed by atoms with van der Waals surface area (Å²) < 4.78 is 7.30. The molecule has 1 amide bonds. The van der Waals surface area contributed by atoms with Crippen LogP contribution in [0.2, 0.25) is 0 Å². The van der Waals surface area contributed by atoms with E-state index in [4.69, 9.17) is 4.74 Å². The number of aromatic nitrogens is 3. The number of ether oxygens (including phenoxy) is 1. The molecule has 0 N–H and O–H groups in total. The lowest BCUT2D eigenvalue weighted by Crippen LogP contribution is -2.49. The van der Waals surface area contributed by atoms with Crippen molar-refractivity contribution in [2.24, 2.45) is 0 Å². The summed E-state index contributed by atoms with van der Waals surface area (Å²) in [6.07, 6.45) is 1.77. The highest BCUT2D eigenvalue weighted by molar-refractivity contribution is 5.76. The van der Waals surface area contributed by atoms with Gasteiger partial charge in [-0.15, -0.1) is 5.10 Å². The van der Waals surface area contributed by atoms with E-state index in [0.717, 1.165) is 44.0 Å². The van der Waals surface area contributed by atoms with Gasteiger partial charge in [-0.2, -0.15) is 0 Å². The number of nitrogens with zero attached hydrogens (tertiary/aromatic N) is 5. The van der Waals surface area contributed by atoms with Crippen molar-refractivity contribution >= 4 is 5.91 Å². The SMILES string of the molecule is CCN1CCN(C(=O)Cn2cc(COc3cccc(C)c3)nn2)CC1. The Labute approximate surface area is 148 Å². The average Bonchev–Trinajstić information content (AvgIpc) is 3.07. The number of hydrogen-bond donors (Lipinski definition) is 0. The lowest BCUT2D eigenvalue weighted by Gasteiger charge is -2.33. The summed E-state index contributed by atoms with van der Waals surface area (Å²) in [5.41, 5.74) is 1.86. The molecular weight excluding hydrogens is 318 g/mol. The minimum Gasteiger partial charge on any atom is -0.487 e. The van der Waals surface area contributed by atoms with Gasteiger partial charge in [0.2, 0.25) is 5.91 Å². The van der Waals surface area contributed by atoms with Crippen LogP contribution in [0.1, 0.15) is 18.2 Å². The Kier molecular flexibility index (Phi) is 5.65. The molecule has 25 heavy (non-hydrogen) atoms. The van der Waals surface area contributed by atoms with E-state index in [2.05, 4.69) is 22.1 Å². The molecule has 1 fully saturated rings. The van der Waals surface area contributed by atoms with Gasteiger partial charge in [0, 0.05) is 26.2 Å². The van der Waals surface area contributed by atoms with Crippen molar-refractivity contribution in [3.8, 4) is 5.75 Å². The molecule has 1 aromatic carbocycles. The maximum atomic E-state index is 12.4. The van der Waals surface area contributed by atoms with Crippen molar-refractivity contribution in [1.82, 2.24) is 24.8 Å². The molecule has 0 bridgehead atoms. The average molecular weight is 343 g/mol. The molecule has 0 unspecified atom stereocenters. The van der Waals surface area contributed by atoms with E-state index < -0.39 is 0 Å². The van der Waals surface area contributed by atoms with Crippen LogP contribution in [0.3, 0.4) is 0 Å². The van der Waals surface area contributed by atoms with E-state index in [9.17, 15) is 4.79 Å². The predicted molar refractivity (Wildman–Crippen MR) is 94.2 cm³/mol. The van der Waals surface area contributed by atoms with E-state index in [-0.39, 0.29) is 12.5 Å². The van der Waals surface area contributed by atoms with Crippen molar-refractivity contribution < 1.29 is 9.53 Å². The van der Waals surface area contributed by atoms with Crippen LogP contribution in [-0.2, 0) is 17.9 Å². The van der Waals surface area contributed by atoms with Crippen LogP contribution in [0.15, 0.2) is 30.5 Å². The van der Waals surface area contributed by atoms with E-state index in [1.165, 1.54) is 0 Å². The number of benzene rings is 1. The summed E-state index contributed by atoms with van der Waals surface area (Å²) in [5, 5.41) is 8.13. The highest BCUT2D eigenvalue weighted by Gasteiger charge is 2.20. The first-order chi connectivity index (χ1) is 12.1. The molecule has 0 atom stereocenters. The maximum Gasteiger partial charge on any atom is 0.244 e. The van der Waals surface area contributed by atoms with Crippen LogP contribution in [-0.4, -0.2) is 63.4 Å². The summed E-state index contributed by atoms with van der Waals surface area (Å²) in [7, 11) is 0. The Morgan fingerprint density at radius 3 is 2.76 bits per heavy atom. The van der Waals surface area contributed by atoms with Gasteiger partial charge in [-0.1, -0.05) is 24.3 Å². The number of amides is 1. The number of carbonyl (C=O) groups is 1. The maximum absolute atomic E-state index is 12.4. The van der Waals surface area contributed by atoms with Crippen molar-refractivity contribution in [3.63, 3.8) is 0 Å². The number of carbonyl (C=O) groups excluding carboxylic acids is 1. The zero-order chi connectivity index (χ0) is 17.6. The lowest BCUT2D eigenvalue weighted by atomic mass is 10.2. The first-order valence-electron chi connectivity index (χ1n) is 8.72. The van der Waals surface area contributed by atoms with Gasteiger partial charge < -0.3 is 14.5 Å². The van der Waals surface area contributed by atoms with E-state index >= 15 is 0 Å². The summed E-state index contributed by atoms with van der Waals surface area (Å²) in [5.74, 6) is 0.895. The molecule has 0 saturated carbocycles. The van der Waals surface area contributed by atoms with Crippen molar-refractivity contribution in [2.75, 3.05) is 32.7 Å². The summed E-state index contributed by atoms with van der Waals surface area (Å²) in [4.78, 5) is 16.6. The zero-order valence-corrected chi connectivity index (χ0v) is 14.9. The van der Waals surface area contributed by atoms with Crippen LogP contribution < -0.4 is 4.74 Å². The fraction of sp³-hybridized carbons (Fsp3) is 0.500. The standard InChI is InChI=1S/C18H25N5O2/c1-3-21-7-9-22(10-8-21)18(24)13-23-12-16(19-20-23)14-25-17-6-4-5-15(2)11-17/h4-6,11-12H,3,7-10,13-14H2,1-2H3. The third kappa shape index (κ3) is 4.79. The summed E-state index contributed by atoms with van der Waals surface area (Å²) >= 11 is 0. The fourth-order valence-corrected chi connectivity index (χ4v) is 2.90. The largest absolute Gasteiger partial charge is 0.487 e. The van der Waals surface area contributed by atoms with Gasteiger partial charge in [0.25, 0.3) is 0 Å². The second-order valence-electron chi connectivity index (χ2n) is 6.33. The first kappa shape index (κ1) is 17.4. The molecule has 0 radical (unpaired) electrons. The Bertz CT molecular complexity index is 707. The molecular formula is C18H25N5O2. The molecule has 3 rings (SSSR count). The van der Waals surface area contributed by atoms with E-state index in [1.54, 1.807) is 10.9 Å². The first-order valence-corrected chi connectivity index (χ1v) is 8.72. The van der Waals surface area contributed by atoms with Gasteiger partial charge in [0.15, 0.2) is 0 Å². The molecule has 1 aliphatic heterocycles. The van der Waals surface area contributed by atoms with Crippen LogP contribution in [0.25, 0.3) is 0 Å². The van der Waals surface area contributed by atoms with Crippen molar-refractivity contribution in [1.29, 1.82) is 0 Å². The Morgan fingerprint density at radius 1 is 1.24 bits per heavy atom. The number of aryl methyl sites for hydroxylation is 1. The highest BCUT2D eigenvalue weighted by Crippen LogP contribution is 2.13. The van der Waals surface area contributed by atoms with E-state index in [1.807, 2.05) is 36.1 Å². The Balaban J connectivity index is 1.49. The Morgan fingerprint density at radius 2 is 2.04 bits per heavy atom. The molecule has 1 saturated heterocycles. The molecule has 0 aliphatic carbocycles. The Hall–Kier alpha value is -2.41. The van der Waals surface area contributed by atoms with E-state index in [0.29, 0.717) is 12.3 Å². The third-order valence-corrected chi connectivity index (χ3v) is 4.43. The van der Waals surface area contributed by atoms with Gasteiger partial charge in [-0.3, -0.25) is 4.79 Å². The zero-order valence-electron chi connectivity index (χ0n) is 14.9. The minimum atomic E-state index is 0.0896. The van der Waals surface area contributed by atoms with Crippen LogP contribution in [0.4, 0.5) is 0 Å². The molecule has 2 heterocycles.